The second kappa shape index (κ2) is 6.05. The minimum absolute atomic E-state index is 0.603. The number of hydrogen-bond acceptors (Lipinski definition) is 1. The highest BCUT2D eigenvalue weighted by atomic mass is 14.5. The number of nitrogens with two attached hydrogens (primary N) is 1. The minimum atomic E-state index is 0.603. The van der Waals surface area contributed by atoms with E-state index in [1.54, 1.807) is 0 Å². The van der Waals surface area contributed by atoms with E-state index in [1.807, 2.05) is 0 Å². The first-order chi connectivity index (χ1) is 7.57. The van der Waals surface area contributed by atoms with Crippen LogP contribution in [-0.4, -0.2) is 6.54 Å². The molecule has 0 heterocycles. The van der Waals surface area contributed by atoms with Crippen molar-refractivity contribution in [3.8, 4) is 0 Å². The molecule has 0 saturated carbocycles. The first kappa shape index (κ1) is 13.2. The van der Waals surface area contributed by atoms with Crippen LogP contribution in [0.1, 0.15) is 62.6 Å². The van der Waals surface area contributed by atoms with Crippen molar-refractivity contribution in [3.63, 3.8) is 0 Å². The molecule has 0 saturated heterocycles. The highest BCUT2D eigenvalue weighted by Crippen LogP contribution is 2.28. The van der Waals surface area contributed by atoms with Gasteiger partial charge in [0.05, 0.1) is 0 Å². The number of benzene rings is 1. The predicted octanol–water partition coefficient (Wildman–Crippen LogP) is 3.82. The predicted molar refractivity (Wildman–Crippen MR) is 72.0 cm³/mol. The van der Waals surface area contributed by atoms with Gasteiger partial charge < -0.3 is 5.73 Å². The van der Waals surface area contributed by atoms with Crippen LogP contribution in [0.4, 0.5) is 0 Å². The first-order valence-corrected chi connectivity index (χ1v) is 6.39. The fourth-order valence-electron chi connectivity index (χ4n) is 2.27. The maximum absolute atomic E-state index is 5.63. The molecule has 1 nitrogen and oxygen atoms in total. The number of hydrogen-bond donors (Lipinski definition) is 1. The smallest absolute Gasteiger partial charge is 0.00741 e. The second-order valence-electron chi connectivity index (χ2n) is 5.12. The summed E-state index contributed by atoms with van der Waals surface area (Å²) in [6, 6.07) is 6.72. The third-order valence-corrected chi connectivity index (χ3v) is 3.12. The lowest BCUT2D eigenvalue weighted by molar-refractivity contribution is 0.757. The molecule has 0 spiro atoms. The van der Waals surface area contributed by atoms with E-state index in [0.29, 0.717) is 11.8 Å². The van der Waals surface area contributed by atoms with Gasteiger partial charge in [0.1, 0.15) is 0 Å². The summed E-state index contributed by atoms with van der Waals surface area (Å²) in [5, 5.41) is 0. The zero-order valence-corrected chi connectivity index (χ0v) is 11.1. The van der Waals surface area contributed by atoms with Gasteiger partial charge in [-0.15, -0.1) is 0 Å². The van der Waals surface area contributed by atoms with Crippen molar-refractivity contribution < 1.29 is 0 Å². The van der Waals surface area contributed by atoms with E-state index in [-0.39, 0.29) is 0 Å². The van der Waals surface area contributed by atoms with Gasteiger partial charge >= 0.3 is 0 Å². The van der Waals surface area contributed by atoms with Crippen molar-refractivity contribution in [1.82, 2.24) is 0 Å². The molecular formula is C15H25N. The molecule has 0 aliphatic carbocycles. The molecule has 0 bridgehead atoms. The molecule has 0 unspecified atom stereocenters. The van der Waals surface area contributed by atoms with E-state index in [1.165, 1.54) is 16.7 Å². The van der Waals surface area contributed by atoms with E-state index in [4.69, 9.17) is 5.73 Å². The zero-order chi connectivity index (χ0) is 12.1. The molecule has 0 radical (unpaired) electrons. The summed E-state index contributed by atoms with van der Waals surface area (Å²) in [7, 11) is 0. The van der Waals surface area contributed by atoms with Crippen molar-refractivity contribution in [2.24, 2.45) is 5.73 Å². The Morgan fingerprint density at radius 2 is 1.50 bits per heavy atom. The van der Waals surface area contributed by atoms with E-state index in [9.17, 15) is 0 Å². The average Bonchev–Trinajstić information content (AvgIpc) is 2.25. The molecule has 16 heavy (non-hydrogen) atoms. The van der Waals surface area contributed by atoms with Gasteiger partial charge in [-0.1, -0.05) is 45.9 Å². The van der Waals surface area contributed by atoms with Crippen molar-refractivity contribution in [3.05, 3.63) is 34.9 Å². The van der Waals surface area contributed by atoms with Gasteiger partial charge in [-0.3, -0.25) is 0 Å². The van der Waals surface area contributed by atoms with Crippen LogP contribution in [0.25, 0.3) is 0 Å². The molecule has 1 aromatic rings. The molecule has 1 aromatic carbocycles. The molecule has 90 valence electrons. The zero-order valence-electron chi connectivity index (χ0n) is 11.1. The quantitative estimate of drug-likeness (QED) is 0.800. The lowest BCUT2D eigenvalue weighted by Gasteiger charge is -2.19. The van der Waals surface area contributed by atoms with Gasteiger partial charge in [0.2, 0.25) is 0 Å². The molecule has 0 aromatic heterocycles. The number of rotatable bonds is 5. The van der Waals surface area contributed by atoms with Gasteiger partial charge in [0, 0.05) is 0 Å². The summed E-state index contributed by atoms with van der Waals surface area (Å²) in [4.78, 5) is 0. The lowest BCUT2D eigenvalue weighted by Crippen LogP contribution is -2.07. The molecule has 0 aliphatic rings. The van der Waals surface area contributed by atoms with Crippen LogP contribution in [0.5, 0.6) is 0 Å². The third kappa shape index (κ3) is 3.08. The van der Waals surface area contributed by atoms with E-state index in [0.717, 1.165) is 19.4 Å². The van der Waals surface area contributed by atoms with Crippen LogP contribution in [0.2, 0.25) is 0 Å². The highest BCUT2D eigenvalue weighted by molar-refractivity contribution is 5.39. The van der Waals surface area contributed by atoms with Crippen LogP contribution in [0, 0.1) is 0 Å². The monoisotopic (exact) mass is 219 g/mol. The minimum Gasteiger partial charge on any atom is -0.330 e. The lowest BCUT2D eigenvalue weighted by atomic mass is 9.86. The Morgan fingerprint density at radius 1 is 1.00 bits per heavy atom. The van der Waals surface area contributed by atoms with Gasteiger partial charge in [-0.05, 0) is 47.9 Å². The maximum atomic E-state index is 5.63. The van der Waals surface area contributed by atoms with Crippen molar-refractivity contribution in [2.45, 2.75) is 52.4 Å². The summed E-state index contributed by atoms with van der Waals surface area (Å²) in [5.41, 5.74) is 10.2. The Morgan fingerprint density at radius 3 is 1.88 bits per heavy atom. The molecule has 0 fully saturated rings. The topological polar surface area (TPSA) is 26.0 Å². The summed E-state index contributed by atoms with van der Waals surface area (Å²) in [6.45, 7) is 9.86. The molecule has 1 heteroatoms. The van der Waals surface area contributed by atoms with E-state index >= 15 is 0 Å². The summed E-state index contributed by atoms with van der Waals surface area (Å²) in [5.74, 6) is 1.21. The Hall–Kier alpha value is -0.820. The summed E-state index contributed by atoms with van der Waals surface area (Å²) >= 11 is 0. The summed E-state index contributed by atoms with van der Waals surface area (Å²) < 4.78 is 0. The van der Waals surface area contributed by atoms with Gasteiger partial charge in [-0.25, -0.2) is 0 Å². The largest absolute Gasteiger partial charge is 0.330 e. The van der Waals surface area contributed by atoms with E-state index < -0.39 is 0 Å². The Bertz CT molecular complexity index is 300. The van der Waals surface area contributed by atoms with Gasteiger partial charge in [0.25, 0.3) is 0 Å². The SMILES string of the molecule is CC(C)c1cccc(C(C)C)c1CCCN. The normalized spacial score (nSPS) is 11.4. The first-order valence-electron chi connectivity index (χ1n) is 6.39. The van der Waals surface area contributed by atoms with Crippen molar-refractivity contribution >= 4 is 0 Å². The molecule has 2 N–H and O–H groups in total. The molecule has 0 atom stereocenters. The fraction of sp³-hybridized carbons (Fsp3) is 0.600. The van der Waals surface area contributed by atoms with Crippen LogP contribution < -0.4 is 5.73 Å². The van der Waals surface area contributed by atoms with Crippen LogP contribution >= 0.6 is 0 Å². The van der Waals surface area contributed by atoms with Crippen LogP contribution in [0.3, 0.4) is 0 Å². The van der Waals surface area contributed by atoms with Crippen molar-refractivity contribution in [2.75, 3.05) is 6.54 Å². The molecule has 0 aliphatic heterocycles. The molecule has 1 rings (SSSR count). The van der Waals surface area contributed by atoms with Gasteiger partial charge in [-0.2, -0.15) is 0 Å². The van der Waals surface area contributed by atoms with Crippen molar-refractivity contribution in [1.29, 1.82) is 0 Å². The maximum Gasteiger partial charge on any atom is -0.00741 e. The summed E-state index contributed by atoms with van der Waals surface area (Å²) in [6.07, 6.45) is 2.21. The Kier molecular flexibility index (Phi) is 5.01. The molecule has 0 amide bonds. The van der Waals surface area contributed by atoms with Crippen LogP contribution in [-0.2, 0) is 6.42 Å². The second-order valence-corrected chi connectivity index (χ2v) is 5.12. The Labute approximate surface area is 100 Å². The van der Waals surface area contributed by atoms with Crippen LogP contribution in [0.15, 0.2) is 18.2 Å². The standard InChI is InChI=1S/C15H25N/c1-11(2)13-7-5-8-14(12(3)4)15(13)9-6-10-16/h5,7-8,11-12H,6,9-10,16H2,1-4H3. The molecular weight excluding hydrogens is 194 g/mol. The third-order valence-electron chi connectivity index (χ3n) is 3.12. The fourth-order valence-corrected chi connectivity index (χ4v) is 2.27. The average molecular weight is 219 g/mol. The van der Waals surface area contributed by atoms with E-state index in [2.05, 4.69) is 45.9 Å². The highest BCUT2D eigenvalue weighted by Gasteiger charge is 2.12. The van der Waals surface area contributed by atoms with Gasteiger partial charge in [0.15, 0.2) is 0 Å². The Balaban J connectivity index is 3.12.